The number of anilines is 1. The van der Waals surface area contributed by atoms with Gasteiger partial charge in [0.05, 0.1) is 12.7 Å². The zero-order valence-corrected chi connectivity index (χ0v) is 11.5. The molecular weight excluding hydrogens is 253 g/mol. The Morgan fingerprint density at radius 2 is 2.10 bits per heavy atom. The summed E-state index contributed by atoms with van der Waals surface area (Å²) in [5, 5.41) is 3.26. The molecular formula is C17H18FNO. The van der Waals surface area contributed by atoms with Gasteiger partial charge in [0.1, 0.15) is 5.82 Å². The molecule has 0 aromatic heterocycles. The van der Waals surface area contributed by atoms with Gasteiger partial charge >= 0.3 is 0 Å². The molecule has 0 saturated heterocycles. The third-order valence-corrected chi connectivity index (χ3v) is 3.76. The molecule has 0 radical (unpaired) electrons. The quantitative estimate of drug-likeness (QED) is 0.915. The largest absolute Gasteiger partial charge is 0.382 e. The number of hydrogen-bond donors (Lipinski definition) is 1. The SMILES string of the molecule is Cc1ccc(NCC2OCCc3ccccc32)cc1F. The minimum Gasteiger partial charge on any atom is -0.382 e. The molecule has 0 fully saturated rings. The van der Waals surface area contributed by atoms with Gasteiger partial charge in [-0.05, 0) is 42.2 Å². The van der Waals surface area contributed by atoms with Crippen LogP contribution in [0.1, 0.15) is 22.8 Å². The number of hydrogen-bond acceptors (Lipinski definition) is 2. The van der Waals surface area contributed by atoms with Crippen molar-refractivity contribution in [1.29, 1.82) is 0 Å². The third-order valence-electron chi connectivity index (χ3n) is 3.76. The van der Waals surface area contributed by atoms with E-state index in [9.17, 15) is 4.39 Å². The number of nitrogens with one attached hydrogen (secondary N) is 1. The van der Waals surface area contributed by atoms with E-state index in [2.05, 4.69) is 23.5 Å². The predicted molar refractivity (Wildman–Crippen MR) is 78.5 cm³/mol. The van der Waals surface area contributed by atoms with Crippen molar-refractivity contribution in [3.8, 4) is 0 Å². The topological polar surface area (TPSA) is 21.3 Å². The first kappa shape index (κ1) is 13.1. The van der Waals surface area contributed by atoms with Gasteiger partial charge in [-0.2, -0.15) is 0 Å². The number of rotatable bonds is 3. The molecule has 2 aromatic rings. The van der Waals surface area contributed by atoms with Crippen molar-refractivity contribution in [2.24, 2.45) is 0 Å². The second kappa shape index (κ2) is 5.63. The highest BCUT2D eigenvalue weighted by Crippen LogP contribution is 2.27. The Morgan fingerprint density at radius 1 is 1.25 bits per heavy atom. The highest BCUT2D eigenvalue weighted by atomic mass is 19.1. The lowest BCUT2D eigenvalue weighted by molar-refractivity contribution is 0.0513. The summed E-state index contributed by atoms with van der Waals surface area (Å²) in [5.74, 6) is -0.181. The molecule has 1 aliphatic rings. The lowest BCUT2D eigenvalue weighted by Crippen LogP contribution is -2.22. The van der Waals surface area contributed by atoms with E-state index in [1.54, 1.807) is 13.0 Å². The fourth-order valence-electron chi connectivity index (χ4n) is 2.56. The molecule has 104 valence electrons. The number of halogens is 1. The van der Waals surface area contributed by atoms with Crippen molar-refractivity contribution in [2.75, 3.05) is 18.5 Å². The van der Waals surface area contributed by atoms with Gasteiger partial charge in [0.15, 0.2) is 0 Å². The Labute approximate surface area is 118 Å². The number of benzene rings is 2. The normalized spacial score (nSPS) is 17.6. The van der Waals surface area contributed by atoms with E-state index in [-0.39, 0.29) is 11.9 Å². The summed E-state index contributed by atoms with van der Waals surface area (Å²) < 4.78 is 19.3. The maximum atomic E-state index is 13.5. The monoisotopic (exact) mass is 271 g/mol. The molecule has 1 heterocycles. The Kier molecular flexibility index (Phi) is 3.70. The van der Waals surface area contributed by atoms with Crippen LogP contribution in [0.4, 0.5) is 10.1 Å². The Bertz CT molecular complexity index is 612. The van der Waals surface area contributed by atoms with E-state index in [0.29, 0.717) is 12.1 Å². The molecule has 1 unspecified atom stereocenters. The Hall–Kier alpha value is -1.87. The van der Waals surface area contributed by atoms with Crippen LogP contribution in [0.25, 0.3) is 0 Å². The fourth-order valence-corrected chi connectivity index (χ4v) is 2.56. The average Bonchev–Trinajstić information content (AvgIpc) is 2.48. The van der Waals surface area contributed by atoms with E-state index in [4.69, 9.17) is 4.74 Å². The zero-order valence-electron chi connectivity index (χ0n) is 11.5. The molecule has 1 aliphatic heterocycles. The van der Waals surface area contributed by atoms with Gasteiger partial charge in [-0.25, -0.2) is 4.39 Å². The molecule has 1 N–H and O–H groups in total. The van der Waals surface area contributed by atoms with Crippen molar-refractivity contribution in [3.05, 3.63) is 65.0 Å². The van der Waals surface area contributed by atoms with Crippen LogP contribution >= 0.6 is 0 Å². The van der Waals surface area contributed by atoms with Gasteiger partial charge in [-0.15, -0.1) is 0 Å². The molecule has 20 heavy (non-hydrogen) atoms. The zero-order chi connectivity index (χ0) is 13.9. The molecule has 0 aliphatic carbocycles. The van der Waals surface area contributed by atoms with Gasteiger partial charge in [-0.1, -0.05) is 30.3 Å². The van der Waals surface area contributed by atoms with Crippen LogP contribution in [0, 0.1) is 12.7 Å². The number of fused-ring (bicyclic) bond motifs is 1. The van der Waals surface area contributed by atoms with Crippen LogP contribution in [0.15, 0.2) is 42.5 Å². The summed E-state index contributed by atoms with van der Waals surface area (Å²) >= 11 is 0. The van der Waals surface area contributed by atoms with E-state index < -0.39 is 0 Å². The van der Waals surface area contributed by atoms with Crippen molar-refractivity contribution >= 4 is 5.69 Å². The van der Waals surface area contributed by atoms with E-state index in [0.717, 1.165) is 18.7 Å². The number of aryl methyl sites for hydroxylation is 1. The highest BCUT2D eigenvalue weighted by molar-refractivity contribution is 5.45. The third kappa shape index (κ3) is 2.68. The van der Waals surface area contributed by atoms with Crippen LogP contribution in [0.3, 0.4) is 0 Å². The van der Waals surface area contributed by atoms with Crippen molar-refractivity contribution in [2.45, 2.75) is 19.4 Å². The van der Waals surface area contributed by atoms with Gasteiger partial charge in [0, 0.05) is 12.2 Å². The molecule has 2 aromatic carbocycles. The second-order valence-electron chi connectivity index (χ2n) is 5.15. The van der Waals surface area contributed by atoms with Crippen molar-refractivity contribution < 1.29 is 9.13 Å². The predicted octanol–water partition coefficient (Wildman–Crippen LogP) is 3.86. The molecule has 0 spiro atoms. The first-order chi connectivity index (χ1) is 9.74. The summed E-state index contributed by atoms with van der Waals surface area (Å²) in [7, 11) is 0. The van der Waals surface area contributed by atoms with Gasteiger partial charge < -0.3 is 10.1 Å². The maximum absolute atomic E-state index is 13.5. The summed E-state index contributed by atoms with van der Waals surface area (Å²) in [6, 6.07) is 13.6. The standard InChI is InChI=1S/C17H18FNO/c1-12-6-7-14(10-16(12)18)19-11-17-15-5-3-2-4-13(15)8-9-20-17/h2-7,10,17,19H,8-9,11H2,1H3. The van der Waals surface area contributed by atoms with Gasteiger partial charge in [0.25, 0.3) is 0 Å². The minimum atomic E-state index is -0.181. The summed E-state index contributed by atoms with van der Waals surface area (Å²) in [6.45, 7) is 3.16. The van der Waals surface area contributed by atoms with E-state index in [1.807, 2.05) is 12.1 Å². The maximum Gasteiger partial charge on any atom is 0.128 e. The fraction of sp³-hybridized carbons (Fsp3) is 0.294. The second-order valence-corrected chi connectivity index (χ2v) is 5.15. The first-order valence-corrected chi connectivity index (χ1v) is 6.93. The first-order valence-electron chi connectivity index (χ1n) is 6.93. The van der Waals surface area contributed by atoms with Crippen LogP contribution in [-0.4, -0.2) is 13.2 Å². The molecule has 3 heteroatoms. The van der Waals surface area contributed by atoms with Crippen molar-refractivity contribution in [3.63, 3.8) is 0 Å². The van der Waals surface area contributed by atoms with E-state index >= 15 is 0 Å². The van der Waals surface area contributed by atoms with Crippen LogP contribution in [0.5, 0.6) is 0 Å². The lowest BCUT2D eigenvalue weighted by atomic mass is 9.97. The summed E-state index contributed by atoms with van der Waals surface area (Å²) in [5.41, 5.74) is 4.04. The smallest absolute Gasteiger partial charge is 0.128 e. The van der Waals surface area contributed by atoms with Crippen molar-refractivity contribution in [1.82, 2.24) is 0 Å². The molecule has 0 amide bonds. The molecule has 0 bridgehead atoms. The van der Waals surface area contributed by atoms with Crippen LogP contribution in [0.2, 0.25) is 0 Å². The van der Waals surface area contributed by atoms with Gasteiger partial charge in [-0.3, -0.25) is 0 Å². The Balaban J connectivity index is 1.71. The molecule has 3 rings (SSSR count). The summed E-state index contributed by atoms with van der Waals surface area (Å²) in [4.78, 5) is 0. The Morgan fingerprint density at radius 3 is 2.95 bits per heavy atom. The van der Waals surface area contributed by atoms with Crippen LogP contribution < -0.4 is 5.32 Å². The molecule has 0 saturated carbocycles. The van der Waals surface area contributed by atoms with E-state index in [1.165, 1.54) is 17.2 Å². The average molecular weight is 271 g/mol. The lowest BCUT2D eigenvalue weighted by Gasteiger charge is -2.26. The molecule has 2 nitrogen and oxygen atoms in total. The highest BCUT2D eigenvalue weighted by Gasteiger charge is 2.19. The molecule has 1 atom stereocenters. The van der Waals surface area contributed by atoms with Gasteiger partial charge in [0.2, 0.25) is 0 Å². The minimum absolute atomic E-state index is 0.0318. The van der Waals surface area contributed by atoms with Crippen LogP contribution in [-0.2, 0) is 11.2 Å². The number of ether oxygens (including phenoxy) is 1. The summed E-state index contributed by atoms with van der Waals surface area (Å²) in [6.07, 6.45) is 0.996.